The number of aromatic nitrogens is 2. The maximum Gasteiger partial charge on any atom is 0.230 e. The molecule has 16 heavy (non-hydrogen) atoms. The predicted molar refractivity (Wildman–Crippen MR) is 63.5 cm³/mol. The van der Waals surface area contributed by atoms with Crippen LogP contribution in [0.3, 0.4) is 0 Å². The number of rotatable bonds is 3. The fourth-order valence-corrected chi connectivity index (χ4v) is 2.41. The number of carbonyl (C=O) groups is 1. The van der Waals surface area contributed by atoms with Crippen LogP contribution in [0.4, 0.5) is 5.13 Å². The number of aryl methyl sites for hydroxylation is 1. The lowest BCUT2D eigenvalue weighted by Gasteiger charge is -2.20. The molecule has 2 heterocycles. The number of hydrogen-bond donors (Lipinski definition) is 2. The van der Waals surface area contributed by atoms with E-state index in [1.807, 2.05) is 6.92 Å². The van der Waals surface area contributed by atoms with E-state index >= 15 is 0 Å². The van der Waals surface area contributed by atoms with Gasteiger partial charge < -0.3 is 10.6 Å². The Bertz CT molecular complexity index is 359. The maximum absolute atomic E-state index is 11.9. The van der Waals surface area contributed by atoms with E-state index in [1.54, 1.807) is 0 Å². The topological polar surface area (TPSA) is 66.9 Å². The fourth-order valence-electron chi connectivity index (χ4n) is 1.73. The summed E-state index contributed by atoms with van der Waals surface area (Å²) in [7, 11) is 0. The summed E-state index contributed by atoms with van der Waals surface area (Å²) in [5.74, 6) is 0.133. The molecule has 1 aliphatic rings. The van der Waals surface area contributed by atoms with Crippen LogP contribution < -0.4 is 10.6 Å². The van der Waals surface area contributed by atoms with Crippen LogP contribution in [0.15, 0.2) is 0 Å². The van der Waals surface area contributed by atoms with Crippen molar-refractivity contribution < 1.29 is 4.79 Å². The smallest absolute Gasteiger partial charge is 0.230 e. The van der Waals surface area contributed by atoms with Crippen LogP contribution in [0.5, 0.6) is 0 Å². The first-order valence-electron chi connectivity index (χ1n) is 5.63. The molecule has 0 unspecified atom stereocenters. The summed E-state index contributed by atoms with van der Waals surface area (Å²) in [6, 6.07) is 0. The largest absolute Gasteiger partial charge is 0.316 e. The van der Waals surface area contributed by atoms with Crippen LogP contribution in [0.2, 0.25) is 0 Å². The number of nitrogens with zero attached hydrogens (tertiary/aromatic N) is 2. The van der Waals surface area contributed by atoms with E-state index < -0.39 is 0 Å². The quantitative estimate of drug-likeness (QED) is 0.828. The van der Waals surface area contributed by atoms with Crippen molar-refractivity contribution in [1.29, 1.82) is 0 Å². The lowest BCUT2D eigenvalue weighted by Crippen LogP contribution is -2.37. The number of nitrogens with one attached hydrogen (secondary N) is 2. The molecule has 1 fully saturated rings. The molecule has 1 saturated heterocycles. The third kappa shape index (κ3) is 2.76. The van der Waals surface area contributed by atoms with Gasteiger partial charge in [-0.05, 0) is 25.8 Å². The van der Waals surface area contributed by atoms with Gasteiger partial charge in [-0.1, -0.05) is 18.3 Å². The van der Waals surface area contributed by atoms with Gasteiger partial charge in [0.15, 0.2) is 0 Å². The van der Waals surface area contributed by atoms with Gasteiger partial charge >= 0.3 is 0 Å². The zero-order valence-corrected chi connectivity index (χ0v) is 10.1. The Morgan fingerprint density at radius 1 is 1.62 bits per heavy atom. The molecule has 0 spiro atoms. The molecule has 0 aliphatic carbocycles. The zero-order valence-electron chi connectivity index (χ0n) is 9.32. The zero-order chi connectivity index (χ0) is 11.4. The lowest BCUT2D eigenvalue weighted by molar-refractivity contribution is -0.120. The van der Waals surface area contributed by atoms with Gasteiger partial charge in [0.05, 0.1) is 5.92 Å². The van der Waals surface area contributed by atoms with Crippen molar-refractivity contribution >= 4 is 22.4 Å². The average Bonchev–Trinajstić information content (AvgIpc) is 2.78. The van der Waals surface area contributed by atoms with Crippen molar-refractivity contribution in [2.75, 3.05) is 18.4 Å². The number of piperidine rings is 1. The molecular weight excluding hydrogens is 224 g/mol. The van der Waals surface area contributed by atoms with Crippen molar-refractivity contribution in [3.05, 3.63) is 5.01 Å². The second kappa shape index (κ2) is 5.36. The molecule has 2 N–H and O–H groups in total. The second-order valence-electron chi connectivity index (χ2n) is 3.89. The first-order chi connectivity index (χ1) is 7.79. The van der Waals surface area contributed by atoms with E-state index in [2.05, 4.69) is 20.8 Å². The molecule has 0 radical (unpaired) electrons. The first kappa shape index (κ1) is 11.5. The van der Waals surface area contributed by atoms with Crippen molar-refractivity contribution in [2.24, 2.45) is 5.92 Å². The van der Waals surface area contributed by atoms with Gasteiger partial charge in [-0.2, -0.15) is 0 Å². The SMILES string of the molecule is CCc1nnc(NC(=O)[C@H]2CCCNC2)s1. The van der Waals surface area contributed by atoms with Crippen molar-refractivity contribution in [2.45, 2.75) is 26.2 Å². The Labute approximate surface area is 98.7 Å². The van der Waals surface area contributed by atoms with Gasteiger partial charge in [0, 0.05) is 6.54 Å². The molecule has 0 saturated carbocycles. The average molecular weight is 240 g/mol. The molecule has 5 nitrogen and oxygen atoms in total. The Balaban J connectivity index is 1.90. The molecule has 1 aromatic heterocycles. The van der Waals surface area contributed by atoms with Crippen molar-refractivity contribution in [3.8, 4) is 0 Å². The number of hydrogen-bond acceptors (Lipinski definition) is 5. The number of anilines is 1. The van der Waals surface area contributed by atoms with Crippen LogP contribution in [0, 0.1) is 5.92 Å². The lowest BCUT2D eigenvalue weighted by atomic mass is 9.99. The number of amides is 1. The summed E-state index contributed by atoms with van der Waals surface area (Å²) in [6.45, 7) is 3.81. The van der Waals surface area contributed by atoms with E-state index in [-0.39, 0.29) is 11.8 Å². The molecule has 0 bridgehead atoms. The number of carbonyl (C=O) groups excluding carboxylic acids is 1. The molecule has 2 rings (SSSR count). The summed E-state index contributed by atoms with van der Waals surface area (Å²) in [4.78, 5) is 11.9. The van der Waals surface area contributed by atoms with Crippen LogP contribution in [-0.2, 0) is 11.2 Å². The highest BCUT2D eigenvalue weighted by Crippen LogP contribution is 2.18. The van der Waals surface area contributed by atoms with Gasteiger partial charge in [-0.3, -0.25) is 4.79 Å². The minimum atomic E-state index is 0.0611. The minimum absolute atomic E-state index is 0.0611. The van der Waals surface area contributed by atoms with Gasteiger partial charge in [0.2, 0.25) is 11.0 Å². The molecule has 88 valence electrons. The van der Waals surface area contributed by atoms with Crippen molar-refractivity contribution in [3.63, 3.8) is 0 Å². The Morgan fingerprint density at radius 2 is 2.50 bits per heavy atom. The normalized spacial score (nSPS) is 20.7. The molecule has 1 amide bonds. The maximum atomic E-state index is 11.9. The molecule has 1 aliphatic heterocycles. The summed E-state index contributed by atoms with van der Waals surface area (Å²) in [5, 5.41) is 15.5. The van der Waals surface area contributed by atoms with Crippen molar-refractivity contribution in [1.82, 2.24) is 15.5 Å². The Hall–Kier alpha value is -1.01. The predicted octanol–water partition coefficient (Wildman–Crippen LogP) is 1.04. The van der Waals surface area contributed by atoms with Gasteiger partial charge in [0.1, 0.15) is 5.01 Å². The van der Waals surface area contributed by atoms with E-state index in [1.165, 1.54) is 11.3 Å². The monoisotopic (exact) mass is 240 g/mol. The van der Waals surface area contributed by atoms with Crippen LogP contribution in [0.1, 0.15) is 24.8 Å². The van der Waals surface area contributed by atoms with Crippen LogP contribution in [-0.4, -0.2) is 29.2 Å². The van der Waals surface area contributed by atoms with E-state index in [0.29, 0.717) is 5.13 Å². The highest BCUT2D eigenvalue weighted by Gasteiger charge is 2.21. The standard InChI is InChI=1S/C10H16N4OS/c1-2-8-13-14-10(16-8)12-9(15)7-4-3-5-11-6-7/h7,11H,2-6H2,1H3,(H,12,14,15)/t7-/m0/s1. The molecular formula is C10H16N4OS. The highest BCUT2D eigenvalue weighted by atomic mass is 32.1. The summed E-state index contributed by atoms with van der Waals surface area (Å²) in [6.07, 6.45) is 2.88. The molecule has 1 aromatic rings. The molecule has 0 aromatic carbocycles. The minimum Gasteiger partial charge on any atom is -0.316 e. The van der Waals surface area contributed by atoms with Crippen LogP contribution in [0.25, 0.3) is 0 Å². The third-order valence-electron chi connectivity index (χ3n) is 2.67. The molecule has 6 heteroatoms. The van der Waals surface area contributed by atoms with E-state index in [9.17, 15) is 4.79 Å². The molecule has 1 atom stereocenters. The summed E-state index contributed by atoms with van der Waals surface area (Å²) >= 11 is 1.45. The first-order valence-corrected chi connectivity index (χ1v) is 6.45. The Morgan fingerprint density at radius 3 is 3.12 bits per heavy atom. The van der Waals surface area contributed by atoms with Gasteiger partial charge in [0.25, 0.3) is 0 Å². The summed E-state index contributed by atoms with van der Waals surface area (Å²) in [5.41, 5.74) is 0. The Kier molecular flexibility index (Phi) is 3.84. The van der Waals surface area contributed by atoms with E-state index in [4.69, 9.17) is 0 Å². The van der Waals surface area contributed by atoms with Crippen LogP contribution >= 0.6 is 11.3 Å². The van der Waals surface area contributed by atoms with E-state index in [0.717, 1.165) is 37.4 Å². The fraction of sp³-hybridized carbons (Fsp3) is 0.700. The third-order valence-corrected chi connectivity index (χ3v) is 3.65. The highest BCUT2D eigenvalue weighted by molar-refractivity contribution is 7.15. The summed E-state index contributed by atoms with van der Waals surface area (Å²) < 4.78 is 0. The van der Waals surface area contributed by atoms with Gasteiger partial charge in [-0.25, -0.2) is 0 Å². The van der Waals surface area contributed by atoms with Gasteiger partial charge in [-0.15, -0.1) is 10.2 Å². The second-order valence-corrected chi connectivity index (χ2v) is 4.95.